The molecule has 0 radical (unpaired) electrons. The summed E-state index contributed by atoms with van der Waals surface area (Å²) in [6.07, 6.45) is 7.58. The van der Waals surface area contributed by atoms with E-state index in [4.69, 9.17) is 9.47 Å². The minimum Gasteiger partial charge on any atom is -0.493 e. The summed E-state index contributed by atoms with van der Waals surface area (Å²) in [5.41, 5.74) is 2.56. The summed E-state index contributed by atoms with van der Waals surface area (Å²) < 4.78 is 11.5. The van der Waals surface area contributed by atoms with Gasteiger partial charge in [0.05, 0.1) is 6.61 Å². The molecule has 0 saturated heterocycles. The van der Waals surface area contributed by atoms with Crippen molar-refractivity contribution < 1.29 is 14.3 Å². The second kappa shape index (κ2) is 6.65. The lowest BCUT2D eigenvalue weighted by Gasteiger charge is -2.10. The molecule has 0 saturated carbocycles. The van der Waals surface area contributed by atoms with Gasteiger partial charge < -0.3 is 9.47 Å². The number of aromatic nitrogens is 1. The Morgan fingerprint density at radius 1 is 1.48 bits per heavy atom. The molecule has 2 aromatic rings. The number of hydrogen-bond acceptors (Lipinski definition) is 4. The van der Waals surface area contributed by atoms with Gasteiger partial charge in [-0.25, -0.2) is 0 Å². The van der Waals surface area contributed by atoms with Crippen molar-refractivity contribution in [3.63, 3.8) is 0 Å². The van der Waals surface area contributed by atoms with Gasteiger partial charge in [0.25, 0.3) is 0 Å². The molecule has 0 N–H and O–H groups in total. The number of nitrogens with zero attached hydrogens (tertiary/aromatic N) is 1. The molecule has 1 aromatic heterocycles. The van der Waals surface area contributed by atoms with E-state index in [1.54, 1.807) is 36.7 Å². The average molecular weight is 309 g/mol. The number of fused-ring (bicyclic) bond motifs is 1. The van der Waals surface area contributed by atoms with Gasteiger partial charge in [-0.2, -0.15) is 0 Å². The molecule has 23 heavy (non-hydrogen) atoms. The third kappa shape index (κ3) is 3.42. The fourth-order valence-corrected chi connectivity index (χ4v) is 2.64. The van der Waals surface area contributed by atoms with Gasteiger partial charge in [0.2, 0.25) is 0 Å². The van der Waals surface area contributed by atoms with E-state index in [0.29, 0.717) is 12.2 Å². The Bertz CT molecular complexity index is 738. The molecular weight excluding hydrogens is 290 g/mol. The summed E-state index contributed by atoms with van der Waals surface area (Å²) in [6.45, 7) is 4.56. The highest BCUT2D eigenvalue weighted by Crippen LogP contribution is 2.35. The van der Waals surface area contributed by atoms with E-state index in [2.05, 4.69) is 4.98 Å². The van der Waals surface area contributed by atoms with Crippen LogP contribution in [0.3, 0.4) is 0 Å². The summed E-state index contributed by atoms with van der Waals surface area (Å²) in [4.78, 5) is 16.1. The predicted molar refractivity (Wildman–Crippen MR) is 89.0 cm³/mol. The van der Waals surface area contributed by atoms with Gasteiger partial charge in [0, 0.05) is 35.5 Å². The van der Waals surface area contributed by atoms with Crippen molar-refractivity contribution >= 4 is 11.9 Å². The van der Waals surface area contributed by atoms with Gasteiger partial charge in [-0.1, -0.05) is 0 Å². The molecular formula is C19H19NO3. The minimum atomic E-state index is -0.0877. The topological polar surface area (TPSA) is 48.4 Å². The summed E-state index contributed by atoms with van der Waals surface area (Å²) >= 11 is 0. The number of hydrogen-bond donors (Lipinski definition) is 0. The van der Waals surface area contributed by atoms with Gasteiger partial charge in [-0.3, -0.25) is 9.78 Å². The van der Waals surface area contributed by atoms with Gasteiger partial charge in [0.15, 0.2) is 5.78 Å². The van der Waals surface area contributed by atoms with Crippen LogP contribution < -0.4 is 9.47 Å². The summed E-state index contributed by atoms with van der Waals surface area (Å²) in [5, 5.41) is 0. The zero-order chi connectivity index (χ0) is 16.2. The van der Waals surface area contributed by atoms with Gasteiger partial charge in [-0.05, 0) is 50.3 Å². The van der Waals surface area contributed by atoms with E-state index in [1.165, 1.54) is 0 Å². The van der Waals surface area contributed by atoms with Crippen molar-refractivity contribution in [2.45, 2.75) is 26.4 Å². The molecule has 4 heteroatoms. The zero-order valence-corrected chi connectivity index (χ0v) is 13.3. The lowest BCUT2D eigenvalue weighted by atomic mass is 10.1. The van der Waals surface area contributed by atoms with E-state index in [0.717, 1.165) is 29.0 Å². The van der Waals surface area contributed by atoms with Crippen molar-refractivity contribution in [3.8, 4) is 11.5 Å². The average Bonchev–Trinajstić information content (AvgIpc) is 2.92. The van der Waals surface area contributed by atoms with E-state index in [9.17, 15) is 4.79 Å². The fourth-order valence-electron chi connectivity index (χ4n) is 2.64. The Morgan fingerprint density at radius 2 is 2.35 bits per heavy atom. The maximum atomic E-state index is 12.2. The van der Waals surface area contributed by atoms with Crippen LogP contribution in [-0.4, -0.2) is 23.5 Å². The quantitative estimate of drug-likeness (QED) is 0.624. The van der Waals surface area contributed by atoms with Crippen molar-refractivity contribution in [2.75, 3.05) is 6.61 Å². The summed E-state index contributed by atoms with van der Waals surface area (Å²) in [5.74, 6) is 1.56. The molecule has 0 unspecified atom stereocenters. The molecule has 118 valence electrons. The number of ether oxygens (including phenoxy) is 2. The van der Waals surface area contributed by atoms with Crippen LogP contribution in [0.1, 0.15) is 35.3 Å². The highest BCUT2D eigenvalue weighted by molar-refractivity contribution is 6.06. The molecule has 1 aliphatic heterocycles. The Hall–Kier alpha value is -2.62. The van der Waals surface area contributed by atoms with Gasteiger partial charge >= 0.3 is 0 Å². The normalized spacial score (nSPS) is 16.2. The van der Waals surface area contributed by atoms with E-state index in [-0.39, 0.29) is 11.9 Å². The van der Waals surface area contributed by atoms with Crippen LogP contribution in [0.15, 0.2) is 42.7 Å². The molecule has 0 aliphatic carbocycles. The number of allylic oxidation sites excluding steroid dienone is 1. The first kappa shape index (κ1) is 15.3. The van der Waals surface area contributed by atoms with Crippen molar-refractivity contribution in [2.24, 2.45) is 0 Å². The molecule has 3 rings (SSSR count). The van der Waals surface area contributed by atoms with E-state index < -0.39 is 0 Å². The Balaban J connectivity index is 1.88. The standard InChI is InChI=1S/C19H19NO3/c1-3-22-18-11-16-9-13(2)23-19(16)10-14(18)6-7-17(21)15-5-4-8-20-12-15/h4-8,10-13H,3,9H2,1-2H3/b7-6+/t13-/m1/s1. The highest BCUT2D eigenvalue weighted by Gasteiger charge is 2.21. The molecule has 0 bridgehead atoms. The molecule has 0 spiro atoms. The van der Waals surface area contributed by atoms with E-state index >= 15 is 0 Å². The number of pyridine rings is 1. The maximum Gasteiger partial charge on any atom is 0.187 e. The Labute approximate surface area is 135 Å². The van der Waals surface area contributed by atoms with Crippen LogP contribution in [-0.2, 0) is 6.42 Å². The minimum absolute atomic E-state index is 0.0877. The van der Waals surface area contributed by atoms with Crippen LogP contribution in [0.4, 0.5) is 0 Å². The number of rotatable bonds is 5. The first-order valence-electron chi connectivity index (χ1n) is 7.76. The molecule has 1 aliphatic rings. The van der Waals surface area contributed by atoms with Crippen molar-refractivity contribution in [3.05, 3.63) is 59.4 Å². The molecule has 4 nitrogen and oxygen atoms in total. The van der Waals surface area contributed by atoms with E-state index in [1.807, 2.05) is 26.0 Å². The molecule has 0 fully saturated rings. The van der Waals surface area contributed by atoms with Gasteiger partial charge in [-0.15, -0.1) is 0 Å². The second-order valence-corrected chi connectivity index (χ2v) is 5.50. The third-order valence-electron chi connectivity index (χ3n) is 3.69. The molecule has 0 amide bonds. The first-order chi connectivity index (χ1) is 11.2. The lowest BCUT2D eigenvalue weighted by Crippen LogP contribution is -2.05. The second-order valence-electron chi connectivity index (χ2n) is 5.50. The third-order valence-corrected chi connectivity index (χ3v) is 3.69. The Morgan fingerprint density at radius 3 is 3.09 bits per heavy atom. The van der Waals surface area contributed by atoms with Crippen molar-refractivity contribution in [1.29, 1.82) is 0 Å². The molecule has 2 heterocycles. The number of carbonyl (C=O) groups is 1. The monoisotopic (exact) mass is 309 g/mol. The van der Waals surface area contributed by atoms with Crippen LogP contribution in [0, 0.1) is 0 Å². The number of benzene rings is 1. The Kier molecular flexibility index (Phi) is 4.42. The summed E-state index contributed by atoms with van der Waals surface area (Å²) in [7, 11) is 0. The highest BCUT2D eigenvalue weighted by atomic mass is 16.5. The number of carbonyl (C=O) groups excluding carboxylic acids is 1. The number of ketones is 1. The predicted octanol–water partition coefficient (Wildman–Crippen LogP) is 3.70. The van der Waals surface area contributed by atoms with Crippen LogP contribution >= 0.6 is 0 Å². The maximum absolute atomic E-state index is 12.2. The zero-order valence-electron chi connectivity index (χ0n) is 13.3. The largest absolute Gasteiger partial charge is 0.493 e. The van der Waals surface area contributed by atoms with Gasteiger partial charge in [0.1, 0.15) is 17.6 Å². The van der Waals surface area contributed by atoms with Crippen LogP contribution in [0.25, 0.3) is 6.08 Å². The summed E-state index contributed by atoms with van der Waals surface area (Å²) in [6, 6.07) is 7.45. The lowest BCUT2D eigenvalue weighted by molar-refractivity contribution is 0.104. The molecule has 1 atom stereocenters. The fraction of sp³-hybridized carbons (Fsp3) is 0.263. The van der Waals surface area contributed by atoms with Crippen molar-refractivity contribution in [1.82, 2.24) is 4.98 Å². The van der Waals surface area contributed by atoms with Crippen LogP contribution in [0.5, 0.6) is 11.5 Å². The van der Waals surface area contributed by atoms with Crippen LogP contribution in [0.2, 0.25) is 0 Å². The smallest absolute Gasteiger partial charge is 0.187 e. The SMILES string of the molecule is CCOc1cc2c(cc1/C=C/C(=O)c1cccnc1)O[C@H](C)C2. The molecule has 1 aromatic carbocycles. The first-order valence-corrected chi connectivity index (χ1v) is 7.76.